The molecule has 2 rings (SSSR count). The Morgan fingerprint density at radius 1 is 1.00 bits per heavy atom. The molecule has 0 spiro atoms. The Hall–Kier alpha value is -2.29. The van der Waals surface area contributed by atoms with E-state index in [2.05, 4.69) is 0 Å². The highest BCUT2D eigenvalue weighted by molar-refractivity contribution is 5.81. The molecule has 0 aliphatic rings. The van der Waals surface area contributed by atoms with Crippen molar-refractivity contribution in [3.63, 3.8) is 0 Å². The molecule has 3 nitrogen and oxygen atoms in total. The van der Waals surface area contributed by atoms with Gasteiger partial charge in [-0.1, -0.05) is 36.4 Å². The quantitative estimate of drug-likeness (QED) is 0.904. The van der Waals surface area contributed by atoms with Crippen LogP contribution in [0.3, 0.4) is 0 Å². The molecule has 0 bridgehead atoms. The van der Waals surface area contributed by atoms with Crippen molar-refractivity contribution >= 4 is 5.97 Å². The summed E-state index contributed by atoms with van der Waals surface area (Å²) in [4.78, 5) is 11.4. The van der Waals surface area contributed by atoms with Crippen LogP contribution in [0.15, 0.2) is 54.6 Å². The maximum atomic E-state index is 11.4. The van der Waals surface area contributed by atoms with Gasteiger partial charge in [-0.25, -0.2) is 0 Å². The fourth-order valence-corrected chi connectivity index (χ4v) is 1.80. The maximum absolute atomic E-state index is 11.4. The number of ether oxygens (including phenoxy) is 1. The Kier molecular flexibility index (Phi) is 3.56. The van der Waals surface area contributed by atoms with Crippen LogP contribution in [0, 0.1) is 0 Å². The van der Waals surface area contributed by atoms with E-state index in [4.69, 9.17) is 4.74 Å². The molecule has 0 radical (unpaired) electrons. The van der Waals surface area contributed by atoms with Gasteiger partial charge in [-0.05, 0) is 32.0 Å². The van der Waals surface area contributed by atoms with Crippen LogP contribution in [-0.2, 0) is 10.2 Å². The second kappa shape index (κ2) is 5.14. The van der Waals surface area contributed by atoms with E-state index in [9.17, 15) is 9.90 Å². The van der Waals surface area contributed by atoms with E-state index in [-0.39, 0.29) is 0 Å². The lowest BCUT2D eigenvalue weighted by molar-refractivity contribution is -0.142. The van der Waals surface area contributed by atoms with Gasteiger partial charge in [0.15, 0.2) is 0 Å². The SMILES string of the molecule is CC(C)(C(=O)O)c1ccccc1Oc1ccccc1. The Labute approximate surface area is 112 Å². The topological polar surface area (TPSA) is 46.5 Å². The Bertz CT molecular complexity index is 574. The third-order valence-corrected chi connectivity index (χ3v) is 3.07. The van der Waals surface area contributed by atoms with Crippen LogP contribution in [0.5, 0.6) is 11.5 Å². The van der Waals surface area contributed by atoms with Crippen LogP contribution in [0.1, 0.15) is 19.4 Å². The minimum atomic E-state index is -0.995. The molecule has 1 N–H and O–H groups in total. The van der Waals surface area contributed by atoms with Crippen molar-refractivity contribution in [1.29, 1.82) is 0 Å². The smallest absolute Gasteiger partial charge is 0.313 e. The van der Waals surface area contributed by atoms with E-state index in [1.807, 2.05) is 42.5 Å². The van der Waals surface area contributed by atoms with Crippen LogP contribution >= 0.6 is 0 Å². The van der Waals surface area contributed by atoms with Crippen molar-refractivity contribution in [3.8, 4) is 11.5 Å². The summed E-state index contributed by atoms with van der Waals surface area (Å²) in [6.07, 6.45) is 0. The fourth-order valence-electron chi connectivity index (χ4n) is 1.80. The molecule has 0 amide bonds. The molecular formula is C16H16O3. The van der Waals surface area contributed by atoms with Gasteiger partial charge in [-0.15, -0.1) is 0 Å². The summed E-state index contributed by atoms with van der Waals surface area (Å²) >= 11 is 0. The zero-order valence-corrected chi connectivity index (χ0v) is 11.0. The minimum absolute atomic E-state index is 0.570. The van der Waals surface area contributed by atoms with E-state index >= 15 is 0 Å². The standard InChI is InChI=1S/C16H16O3/c1-16(2,15(17)18)13-10-6-7-11-14(13)19-12-8-4-3-5-9-12/h3-11H,1-2H3,(H,17,18). The molecular weight excluding hydrogens is 240 g/mol. The molecule has 3 heteroatoms. The molecule has 0 aliphatic carbocycles. The lowest BCUT2D eigenvalue weighted by Gasteiger charge is -2.22. The van der Waals surface area contributed by atoms with E-state index in [1.54, 1.807) is 26.0 Å². The van der Waals surface area contributed by atoms with E-state index < -0.39 is 11.4 Å². The van der Waals surface area contributed by atoms with Gasteiger partial charge in [0.2, 0.25) is 0 Å². The van der Waals surface area contributed by atoms with Gasteiger partial charge in [0.25, 0.3) is 0 Å². The average Bonchev–Trinajstić information content (AvgIpc) is 2.40. The molecule has 2 aromatic rings. The highest BCUT2D eigenvalue weighted by Crippen LogP contribution is 2.34. The first kappa shape index (κ1) is 13.1. The average molecular weight is 256 g/mol. The molecule has 0 heterocycles. The third-order valence-electron chi connectivity index (χ3n) is 3.07. The molecule has 0 fully saturated rings. The van der Waals surface area contributed by atoms with Crippen LogP contribution in [0.4, 0.5) is 0 Å². The van der Waals surface area contributed by atoms with Crippen LogP contribution in [0.2, 0.25) is 0 Å². The molecule has 0 aromatic heterocycles. The number of hydrogen-bond acceptors (Lipinski definition) is 2. The number of carboxylic acids is 1. The largest absolute Gasteiger partial charge is 0.481 e. The van der Waals surface area contributed by atoms with Crippen molar-refractivity contribution in [2.24, 2.45) is 0 Å². The van der Waals surface area contributed by atoms with Gasteiger partial charge in [0.1, 0.15) is 11.5 Å². The summed E-state index contributed by atoms with van der Waals surface area (Å²) in [5, 5.41) is 9.33. The third kappa shape index (κ3) is 2.76. The summed E-state index contributed by atoms with van der Waals surface area (Å²) in [6, 6.07) is 16.5. The number of hydrogen-bond donors (Lipinski definition) is 1. The number of carboxylic acid groups (broad SMARTS) is 1. The number of aliphatic carboxylic acids is 1. The summed E-state index contributed by atoms with van der Waals surface area (Å²) in [5.74, 6) is 0.383. The van der Waals surface area contributed by atoms with E-state index in [1.165, 1.54) is 0 Å². The predicted octanol–water partition coefficient (Wildman–Crippen LogP) is 3.84. The lowest BCUT2D eigenvalue weighted by Crippen LogP contribution is -2.28. The number of benzene rings is 2. The molecule has 0 saturated heterocycles. The van der Waals surface area contributed by atoms with Crippen LogP contribution in [-0.4, -0.2) is 11.1 Å². The molecule has 0 unspecified atom stereocenters. The van der Waals surface area contributed by atoms with Gasteiger partial charge < -0.3 is 9.84 Å². The predicted molar refractivity (Wildman–Crippen MR) is 73.6 cm³/mol. The first-order valence-corrected chi connectivity index (χ1v) is 6.07. The lowest BCUT2D eigenvalue weighted by atomic mass is 9.84. The number of rotatable bonds is 4. The zero-order chi connectivity index (χ0) is 13.9. The second-order valence-electron chi connectivity index (χ2n) is 4.84. The molecule has 0 saturated carbocycles. The molecule has 98 valence electrons. The number of para-hydroxylation sites is 2. The molecule has 0 aliphatic heterocycles. The zero-order valence-electron chi connectivity index (χ0n) is 11.0. The first-order valence-electron chi connectivity index (χ1n) is 6.07. The fraction of sp³-hybridized carbons (Fsp3) is 0.188. The summed E-state index contributed by atoms with van der Waals surface area (Å²) in [6.45, 7) is 3.34. The molecule has 19 heavy (non-hydrogen) atoms. The van der Waals surface area contributed by atoms with Gasteiger partial charge in [0.05, 0.1) is 5.41 Å². The van der Waals surface area contributed by atoms with E-state index in [0.717, 1.165) is 0 Å². The summed E-state index contributed by atoms with van der Waals surface area (Å²) in [5.41, 5.74) is -0.336. The van der Waals surface area contributed by atoms with Crippen molar-refractivity contribution in [2.75, 3.05) is 0 Å². The highest BCUT2D eigenvalue weighted by Gasteiger charge is 2.32. The normalized spacial score (nSPS) is 11.1. The minimum Gasteiger partial charge on any atom is -0.481 e. The van der Waals surface area contributed by atoms with Gasteiger partial charge in [-0.3, -0.25) is 4.79 Å². The van der Waals surface area contributed by atoms with Gasteiger partial charge in [-0.2, -0.15) is 0 Å². The van der Waals surface area contributed by atoms with Crippen LogP contribution < -0.4 is 4.74 Å². The molecule has 2 aromatic carbocycles. The van der Waals surface area contributed by atoms with Crippen LogP contribution in [0.25, 0.3) is 0 Å². The summed E-state index contributed by atoms with van der Waals surface area (Å²) in [7, 11) is 0. The number of carbonyl (C=O) groups is 1. The van der Waals surface area contributed by atoms with Crippen molar-refractivity contribution in [1.82, 2.24) is 0 Å². The highest BCUT2D eigenvalue weighted by atomic mass is 16.5. The maximum Gasteiger partial charge on any atom is 0.313 e. The van der Waals surface area contributed by atoms with Gasteiger partial charge >= 0.3 is 5.97 Å². The van der Waals surface area contributed by atoms with Gasteiger partial charge in [0, 0.05) is 5.56 Å². The van der Waals surface area contributed by atoms with E-state index in [0.29, 0.717) is 17.1 Å². The van der Waals surface area contributed by atoms with Crippen molar-refractivity contribution in [2.45, 2.75) is 19.3 Å². The monoisotopic (exact) mass is 256 g/mol. The Morgan fingerprint density at radius 3 is 2.21 bits per heavy atom. The Balaban J connectivity index is 2.40. The second-order valence-corrected chi connectivity index (χ2v) is 4.84. The molecule has 0 atom stereocenters. The Morgan fingerprint density at radius 2 is 1.58 bits per heavy atom. The van der Waals surface area contributed by atoms with Crippen molar-refractivity contribution < 1.29 is 14.6 Å². The van der Waals surface area contributed by atoms with Crippen molar-refractivity contribution in [3.05, 3.63) is 60.2 Å². The summed E-state index contributed by atoms with van der Waals surface area (Å²) < 4.78 is 5.78. The first-order chi connectivity index (χ1) is 9.01.